The molecule has 0 atom stereocenters. The number of benzene rings is 2. The number of urea groups is 1. The molecule has 150 valence electrons. The van der Waals surface area contributed by atoms with Gasteiger partial charge >= 0.3 is 6.03 Å². The van der Waals surface area contributed by atoms with Crippen LogP contribution in [0.1, 0.15) is 11.1 Å². The first kappa shape index (κ1) is 20.5. The minimum atomic E-state index is -0.915. The van der Waals surface area contributed by atoms with Crippen LogP contribution in [0.4, 0.5) is 14.9 Å². The predicted octanol–water partition coefficient (Wildman–Crippen LogP) is 3.12. The van der Waals surface area contributed by atoms with Crippen LogP contribution in [0, 0.1) is 17.1 Å². The summed E-state index contributed by atoms with van der Waals surface area (Å²) in [6.45, 7) is 3.55. The van der Waals surface area contributed by atoms with Gasteiger partial charge in [0, 0.05) is 0 Å². The topological polar surface area (TPSA) is 99.5 Å². The third kappa shape index (κ3) is 4.25. The van der Waals surface area contributed by atoms with E-state index < -0.39 is 23.7 Å². The maximum Gasteiger partial charge on any atom is 0.335 e. The summed E-state index contributed by atoms with van der Waals surface area (Å²) in [7, 11) is 0. The molecule has 1 aliphatic rings. The number of amides is 4. The Bertz CT molecular complexity index is 1100. The van der Waals surface area contributed by atoms with Crippen LogP contribution in [0.2, 0.25) is 0 Å². The first-order valence-corrected chi connectivity index (χ1v) is 8.85. The maximum atomic E-state index is 13.2. The van der Waals surface area contributed by atoms with Gasteiger partial charge in [-0.3, -0.25) is 14.9 Å². The number of nitrogens with one attached hydrogen (secondary N) is 1. The zero-order valence-corrected chi connectivity index (χ0v) is 15.7. The number of halogens is 1. The maximum absolute atomic E-state index is 13.2. The van der Waals surface area contributed by atoms with E-state index in [0.717, 1.165) is 17.0 Å². The van der Waals surface area contributed by atoms with Crippen LogP contribution in [-0.2, 0) is 16.0 Å². The lowest BCUT2D eigenvalue weighted by Gasteiger charge is -2.26. The number of nitriles is 1. The number of imide groups is 2. The van der Waals surface area contributed by atoms with Crippen molar-refractivity contribution in [2.24, 2.45) is 0 Å². The Labute approximate surface area is 171 Å². The van der Waals surface area contributed by atoms with Crippen LogP contribution in [0.25, 0.3) is 6.08 Å². The van der Waals surface area contributed by atoms with Crippen molar-refractivity contribution < 1.29 is 23.5 Å². The largest absolute Gasteiger partial charge is 0.478 e. The number of nitrogens with zero attached hydrogens (tertiary/aromatic N) is 2. The van der Waals surface area contributed by atoms with E-state index in [4.69, 9.17) is 10.00 Å². The minimum Gasteiger partial charge on any atom is -0.478 e. The standard InChI is InChI=1S/C22H16FN3O4/c1-2-3-15-12-14(4-9-19(15)30-11-10-24)13-18-20(27)25-22(29)26(21(18)28)17-7-5-16(23)6-8-17/h2,4-9,12-13H,1,3,11H2,(H,25,27,29)/b18-13+. The van der Waals surface area contributed by atoms with Crippen LogP contribution in [0.3, 0.4) is 0 Å². The van der Waals surface area contributed by atoms with Crippen molar-refractivity contribution in [2.45, 2.75) is 6.42 Å². The van der Waals surface area contributed by atoms with E-state index in [1.165, 1.54) is 18.2 Å². The summed E-state index contributed by atoms with van der Waals surface area (Å²) in [5.41, 5.74) is 1.10. The van der Waals surface area contributed by atoms with Crippen molar-refractivity contribution in [2.75, 3.05) is 11.5 Å². The molecule has 0 bridgehead atoms. The van der Waals surface area contributed by atoms with Crippen molar-refractivity contribution in [1.82, 2.24) is 5.32 Å². The van der Waals surface area contributed by atoms with Gasteiger partial charge in [-0.05, 0) is 60.0 Å². The lowest BCUT2D eigenvalue weighted by atomic mass is 10.0. The SMILES string of the molecule is C=CCc1cc(/C=C2\C(=O)NC(=O)N(c3ccc(F)cc3)C2=O)ccc1OCC#N. The van der Waals surface area contributed by atoms with Crippen molar-refractivity contribution in [1.29, 1.82) is 5.26 Å². The Morgan fingerprint density at radius 3 is 2.57 bits per heavy atom. The first-order chi connectivity index (χ1) is 14.4. The summed E-state index contributed by atoms with van der Waals surface area (Å²) in [5.74, 6) is -1.70. The minimum absolute atomic E-state index is 0.125. The molecule has 0 spiro atoms. The Balaban J connectivity index is 1.97. The van der Waals surface area contributed by atoms with Crippen molar-refractivity contribution in [3.05, 3.63) is 77.6 Å². The number of anilines is 1. The highest BCUT2D eigenvalue weighted by Gasteiger charge is 2.36. The van der Waals surface area contributed by atoms with E-state index in [1.807, 2.05) is 6.07 Å². The summed E-state index contributed by atoms with van der Waals surface area (Å²) >= 11 is 0. The van der Waals surface area contributed by atoms with Gasteiger partial charge < -0.3 is 4.74 Å². The highest BCUT2D eigenvalue weighted by atomic mass is 19.1. The molecule has 0 radical (unpaired) electrons. The summed E-state index contributed by atoms with van der Waals surface area (Å²) in [6, 6.07) is 10.7. The second-order valence-corrected chi connectivity index (χ2v) is 6.24. The quantitative estimate of drug-likeness (QED) is 0.452. The zero-order chi connectivity index (χ0) is 21.7. The highest BCUT2D eigenvalue weighted by molar-refractivity contribution is 6.39. The Hall–Kier alpha value is -4.25. The molecule has 8 heteroatoms. The summed E-state index contributed by atoms with van der Waals surface area (Å²) < 4.78 is 18.5. The summed E-state index contributed by atoms with van der Waals surface area (Å²) in [6.07, 6.45) is 3.44. The van der Waals surface area contributed by atoms with Gasteiger partial charge in [0.15, 0.2) is 6.61 Å². The Kier molecular flexibility index (Phi) is 6.03. The van der Waals surface area contributed by atoms with E-state index in [0.29, 0.717) is 23.3 Å². The molecule has 0 saturated carbocycles. The molecular weight excluding hydrogens is 389 g/mol. The molecule has 7 nitrogen and oxygen atoms in total. The number of rotatable bonds is 6. The number of ether oxygens (including phenoxy) is 1. The molecule has 1 N–H and O–H groups in total. The Morgan fingerprint density at radius 1 is 1.17 bits per heavy atom. The second-order valence-electron chi connectivity index (χ2n) is 6.24. The molecule has 1 saturated heterocycles. The van der Waals surface area contributed by atoms with E-state index in [-0.39, 0.29) is 17.9 Å². The van der Waals surface area contributed by atoms with Gasteiger partial charge in [0.05, 0.1) is 5.69 Å². The van der Waals surface area contributed by atoms with Crippen molar-refractivity contribution in [3.63, 3.8) is 0 Å². The molecular formula is C22H16FN3O4. The van der Waals surface area contributed by atoms with Crippen LogP contribution >= 0.6 is 0 Å². The van der Waals surface area contributed by atoms with E-state index >= 15 is 0 Å². The third-order valence-electron chi connectivity index (χ3n) is 4.24. The van der Waals surface area contributed by atoms with Gasteiger partial charge in [0.2, 0.25) is 0 Å². The smallest absolute Gasteiger partial charge is 0.335 e. The molecule has 0 unspecified atom stereocenters. The third-order valence-corrected chi connectivity index (χ3v) is 4.24. The van der Waals surface area contributed by atoms with Gasteiger partial charge in [0.1, 0.15) is 23.2 Å². The Morgan fingerprint density at radius 2 is 1.90 bits per heavy atom. The molecule has 1 fully saturated rings. The van der Waals surface area contributed by atoms with Crippen LogP contribution in [-0.4, -0.2) is 24.5 Å². The lowest BCUT2D eigenvalue weighted by molar-refractivity contribution is -0.122. The molecule has 30 heavy (non-hydrogen) atoms. The molecule has 0 aromatic heterocycles. The second kappa shape index (κ2) is 8.84. The van der Waals surface area contributed by atoms with Crippen molar-refractivity contribution in [3.8, 4) is 11.8 Å². The molecule has 1 aliphatic heterocycles. The fourth-order valence-corrected chi connectivity index (χ4v) is 2.90. The molecule has 4 amide bonds. The van der Waals surface area contributed by atoms with Gasteiger partial charge in [-0.15, -0.1) is 6.58 Å². The predicted molar refractivity (Wildman–Crippen MR) is 107 cm³/mol. The zero-order valence-electron chi connectivity index (χ0n) is 15.7. The molecule has 0 aliphatic carbocycles. The number of allylic oxidation sites excluding steroid dienone is 1. The fraction of sp³-hybridized carbons (Fsp3) is 0.0909. The first-order valence-electron chi connectivity index (χ1n) is 8.85. The fourth-order valence-electron chi connectivity index (χ4n) is 2.90. The average molecular weight is 405 g/mol. The lowest BCUT2D eigenvalue weighted by Crippen LogP contribution is -2.54. The van der Waals surface area contributed by atoms with Gasteiger partial charge in [-0.2, -0.15) is 5.26 Å². The normalized spacial score (nSPS) is 15.0. The summed E-state index contributed by atoms with van der Waals surface area (Å²) in [4.78, 5) is 38.1. The molecule has 2 aromatic carbocycles. The number of barbiturate groups is 1. The van der Waals surface area contributed by atoms with Gasteiger partial charge in [-0.1, -0.05) is 12.1 Å². The van der Waals surface area contributed by atoms with Crippen LogP contribution < -0.4 is 15.0 Å². The van der Waals surface area contributed by atoms with Gasteiger partial charge in [0.25, 0.3) is 11.8 Å². The van der Waals surface area contributed by atoms with Crippen molar-refractivity contribution >= 4 is 29.6 Å². The molecule has 2 aromatic rings. The molecule has 3 rings (SSSR count). The monoisotopic (exact) mass is 405 g/mol. The molecule has 1 heterocycles. The van der Waals surface area contributed by atoms with Gasteiger partial charge in [-0.25, -0.2) is 14.1 Å². The van der Waals surface area contributed by atoms with E-state index in [1.54, 1.807) is 24.3 Å². The number of hydrogen-bond acceptors (Lipinski definition) is 5. The number of hydrogen-bond donors (Lipinski definition) is 1. The summed E-state index contributed by atoms with van der Waals surface area (Å²) in [5, 5.41) is 10.8. The van der Waals surface area contributed by atoms with E-state index in [9.17, 15) is 18.8 Å². The van der Waals surface area contributed by atoms with Crippen LogP contribution in [0.5, 0.6) is 5.75 Å². The van der Waals surface area contributed by atoms with E-state index in [2.05, 4.69) is 11.9 Å². The highest BCUT2D eigenvalue weighted by Crippen LogP contribution is 2.25. The van der Waals surface area contributed by atoms with Crippen LogP contribution in [0.15, 0.2) is 60.7 Å². The average Bonchev–Trinajstić information content (AvgIpc) is 2.72. The number of carbonyl (C=O) groups is 3. The number of carbonyl (C=O) groups excluding carboxylic acids is 3.